The number of rotatable bonds is 5. The van der Waals surface area contributed by atoms with Crippen LogP contribution in [0.4, 0.5) is 5.69 Å². The fourth-order valence-corrected chi connectivity index (χ4v) is 3.87. The van der Waals surface area contributed by atoms with Gasteiger partial charge in [-0.25, -0.2) is 12.7 Å². The third-order valence-electron chi connectivity index (χ3n) is 3.96. The zero-order valence-electron chi connectivity index (χ0n) is 14.0. The topological polar surface area (TPSA) is 81.8 Å². The highest BCUT2D eigenvalue weighted by atomic mass is 35.5. The van der Waals surface area contributed by atoms with Crippen LogP contribution >= 0.6 is 11.6 Å². The van der Waals surface area contributed by atoms with Gasteiger partial charge < -0.3 is 10.6 Å². The molecule has 0 unspecified atom stereocenters. The molecule has 24 heavy (non-hydrogen) atoms. The van der Waals surface area contributed by atoms with Crippen molar-refractivity contribution in [3.05, 3.63) is 23.2 Å². The van der Waals surface area contributed by atoms with Gasteiger partial charge in [0.2, 0.25) is 15.9 Å². The Labute approximate surface area is 148 Å². The molecule has 2 rings (SSSR count). The van der Waals surface area contributed by atoms with Crippen LogP contribution in [0.2, 0.25) is 5.02 Å². The van der Waals surface area contributed by atoms with Crippen molar-refractivity contribution in [2.75, 3.05) is 45.6 Å². The number of sulfonamides is 1. The number of nitrogens with one attached hydrogen (secondary N) is 2. The summed E-state index contributed by atoms with van der Waals surface area (Å²) in [6.07, 6.45) is 0. The van der Waals surface area contributed by atoms with Gasteiger partial charge >= 0.3 is 0 Å². The molecule has 0 saturated carbocycles. The third-order valence-corrected chi connectivity index (χ3v) is 6.26. The largest absolute Gasteiger partial charge is 0.325 e. The van der Waals surface area contributed by atoms with E-state index in [0.29, 0.717) is 5.69 Å². The number of amides is 1. The maximum Gasteiger partial charge on any atom is 0.244 e. The van der Waals surface area contributed by atoms with E-state index in [1.54, 1.807) is 6.07 Å². The van der Waals surface area contributed by atoms with Crippen molar-refractivity contribution in [2.24, 2.45) is 0 Å². The van der Waals surface area contributed by atoms with Crippen LogP contribution in [0.3, 0.4) is 0 Å². The van der Waals surface area contributed by atoms with Crippen molar-refractivity contribution >= 4 is 33.2 Å². The SMILES string of the molecule is C[C@@H]1CNCCN1CC(=O)Nc1ccc(Cl)c(S(=O)(=O)N(C)C)c1. The number of carbonyl (C=O) groups is 1. The maximum absolute atomic E-state index is 12.3. The van der Waals surface area contributed by atoms with E-state index < -0.39 is 10.0 Å². The van der Waals surface area contributed by atoms with Gasteiger partial charge in [-0.2, -0.15) is 0 Å². The lowest BCUT2D eigenvalue weighted by Gasteiger charge is -2.33. The monoisotopic (exact) mass is 374 g/mol. The minimum Gasteiger partial charge on any atom is -0.325 e. The second-order valence-electron chi connectivity index (χ2n) is 6.00. The van der Waals surface area contributed by atoms with E-state index in [9.17, 15) is 13.2 Å². The van der Waals surface area contributed by atoms with Gasteiger partial charge in [0.1, 0.15) is 4.90 Å². The van der Waals surface area contributed by atoms with Gasteiger partial charge in [-0.05, 0) is 25.1 Å². The van der Waals surface area contributed by atoms with Crippen molar-refractivity contribution in [3.8, 4) is 0 Å². The number of hydrogen-bond donors (Lipinski definition) is 2. The van der Waals surface area contributed by atoms with Gasteiger partial charge in [-0.3, -0.25) is 9.69 Å². The number of benzene rings is 1. The summed E-state index contributed by atoms with van der Waals surface area (Å²) in [4.78, 5) is 14.3. The highest BCUT2D eigenvalue weighted by molar-refractivity contribution is 7.89. The van der Waals surface area contributed by atoms with E-state index >= 15 is 0 Å². The number of anilines is 1. The first-order chi connectivity index (χ1) is 11.2. The van der Waals surface area contributed by atoms with Gasteiger partial charge in [0.05, 0.1) is 11.6 Å². The quantitative estimate of drug-likeness (QED) is 0.797. The van der Waals surface area contributed by atoms with Crippen molar-refractivity contribution in [1.29, 1.82) is 0 Å². The minimum absolute atomic E-state index is 0.0255. The van der Waals surface area contributed by atoms with Crippen molar-refractivity contribution < 1.29 is 13.2 Å². The predicted octanol–water partition coefficient (Wildman–Crippen LogP) is 0.823. The van der Waals surface area contributed by atoms with Crippen molar-refractivity contribution in [3.63, 3.8) is 0 Å². The molecule has 1 fully saturated rings. The summed E-state index contributed by atoms with van der Waals surface area (Å²) < 4.78 is 25.6. The molecular formula is C15H23ClN4O3S. The van der Waals surface area contributed by atoms with Gasteiger partial charge in [0.15, 0.2) is 0 Å². The van der Waals surface area contributed by atoms with Crippen LogP contribution in [0, 0.1) is 0 Å². The van der Waals surface area contributed by atoms with E-state index in [0.717, 1.165) is 23.9 Å². The Balaban J connectivity index is 2.11. The normalized spacial score (nSPS) is 19.5. The van der Waals surface area contributed by atoms with Crippen LogP contribution in [-0.2, 0) is 14.8 Å². The van der Waals surface area contributed by atoms with Crippen molar-refractivity contribution in [1.82, 2.24) is 14.5 Å². The summed E-state index contributed by atoms with van der Waals surface area (Å²) in [5, 5.41) is 6.14. The lowest BCUT2D eigenvalue weighted by Crippen LogP contribution is -2.51. The molecule has 0 radical (unpaired) electrons. The molecule has 0 spiro atoms. The molecule has 2 N–H and O–H groups in total. The third kappa shape index (κ3) is 4.46. The Kier molecular flexibility index (Phi) is 6.22. The maximum atomic E-state index is 12.3. The summed E-state index contributed by atoms with van der Waals surface area (Å²) in [5.74, 6) is -0.181. The first kappa shape index (κ1) is 19.1. The second-order valence-corrected chi connectivity index (χ2v) is 8.53. The highest BCUT2D eigenvalue weighted by Crippen LogP contribution is 2.26. The molecule has 0 aliphatic carbocycles. The first-order valence-corrected chi connectivity index (χ1v) is 9.50. The standard InChI is InChI=1S/C15H23ClN4O3S/c1-11-9-17-6-7-20(11)10-15(21)18-12-4-5-13(16)14(8-12)24(22,23)19(2)3/h4-5,8,11,17H,6-7,9-10H2,1-3H3,(H,18,21)/t11-/m1/s1. The van der Waals surface area contributed by atoms with E-state index in [2.05, 4.69) is 22.5 Å². The number of hydrogen-bond acceptors (Lipinski definition) is 5. The molecular weight excluding hydrogens is 352 g/mol. The smallest absolute Gasteiger partial charge is 0.244 e. The average Bonchev–Trinajstić information content (AvgIpc) is 2.51. The van der Waals surface area contributed by atoms with Gasteiger partial charge in [-0.1, -0.05) is 11.6 Å². The fourth-order valence-electron chi connectivity index (χ4n) is 2.48. The Morgan fingerprint density at radius 3 is 2.79 bits per heavy atom. The Hall–Kier alpha value is -1.19. The van der Waals surface area contributed by atoms with Crippen LogP contribution in [0.5, 0.6) is 0 Å². The fraction of sp³-hybridized carbons (Fsp3) is 0.533. The van der Waals surface area contributed by atoms with E-state index in [4.69, 9.17) is 11.6 Å². The zero-order valence-corrected chi connectivity index (χ0v) is 15.6. The van der Waals surface area contributed by atoms with Gasteiger partial charge in [0.25, 0.3) is 0 Å². The van der Waals surface area contributed by atoms with Crippen LogP contribution in [-0.4, -0.2) is 69.8 Å². The van der Waals surface area contributed by atoms with E-state index in [1.807, 2.05) is 0 Å². The second kappa shape index (κ2) is 7.79. The average molecular weight is 375 g/mol. The number of nitrogens with zero attached hydrogens (tertiary/aromatic N) is 2. The lowest BCUT2D eigenvalue weighted by molar-refractivity contribution is -0.118. The molecule has 1 aliphatic heterocycles. The van der Waals surface area contributed by atoms with E-state index in [-0.39, 0.29) is 28.4 Å². The molecule has 1 heterocycles. The summed E-state index contributed by atoms with van der Waals surface area (Å²) >= 11 is 6.00. The van der Waals surface area contributed by atoms with Crippen LogP contribution in [0.1, 0.15) is 6.92 Å². The molecule has 1 amide bonds. The molecule has 1 atom stereocenters. The first-order valence-electron chi connectivity index (χ1n) is 7.68. The molecule has 1 aromatic rings. The summed E-state index contributed by atoms with van der Waals surface area (Å²) in [5.41, 5.74) is 0.410. The molecule has 0 aromatic heterocycles. The van der Waals surface area contributed by atoms with Crippen LogP contribution in [0.25, 0.3) is 0 Å². The van der Waals surface area contributed by atoms with Gasteiger partial charge in [-0.15, -0.1) is 0 Å². The molecule has 7 nitrogen and oxygen atoms in total. The van der Waals surface area contributed by atoms with Crippen LogP contribution in [0.15, 0.2) is 23.1 Å². The number of piperazine rings is 1. The summed E-state index contributed by atoms with van der Waals surface area (Å²) in [6, 6.07) is 4.73. The highest BCUT2D eigenvalue weighted by Gasteiger charge is 2.23. The predicted molar refractivity (Wildman–Crippen MR) is 94.9 cm³/mol. The summed E-state index contributed by atoms with van der Waals surface area (Å²) in [6.45, 7) is 4.82. The molecule has 1 aliphatic rings. The molecule has 1 saturated heterocycles. The number of halogens is 1. The van der Waals surface area contributed by atoms with Gasteiger partial charge in [0, 0.05) is 45.5 Å². The number of carbonyl (C=O) groups excluding carboxylic acids is 1. The molecule has 9 heteroatoms. The minimum atomic E-state index is -3.67. The van der Waals surface area contributed by atoms with Crippen molar-refractivity contribution in [2.45, 2.75) is 17.9 Å². The Bertz CT molecular complexity index is 709. The molecule has 134 valence electrons. The Morgan fingerprint density at radius 1 is 1.46 bits per heavy atom. The molecule has 1 aromatic carbocycles. The lowest BCUT2D eigenvalue weighted by atomic mass is 10.2. The zero-order chi connectivity index (χ0) is 17.9. The van der Waals surface area contributed by atoms with E-state index in [1.165, 1.54) is 26.2 Å². The summed E-state index contributed by atoms with van der Waals surface area (Å²) in [7, 11) is -0.804. The molecule has 0 bridgehead atoms. The Morgan fingerprint density at radius 2 is 2.17 bits per heavy atom. The van der Waals surface area contributed by atoms with Crippen LogP contribution < -0.4 is 10.6 Å².